The van der Waals surface area contributed by atoms with Crippen molar-refractivity contribution in [3.8, 4) is 5.75 Å². The number of para-hydroxylation sites is 1. The van der Waals surface area contributed by atoms with Crippen LogP contribution in [0.4, 0.5) is 4.39 Å². The van der Waals surface area contributed by atoms with Gasteiger partial charge in [-0.15, -0.1) is 0 Å². The molecule has 0 unspecified atom stereocenters. The number of carbonyl (C=O) groups is 1. The Labute approximate surface area is 132 Å². The number of benzene rings is 2. The highest BCUT2D eigenvalue weighted by molar-refractivity contribution is 9.12. The van der Waals surface area contributed by atoms with Crippen molar-refractivity contribution in [3.63, 3.8) is 0 Å². The van der Waals surface area contributed by atoms with Crippen LogP contribution in [0.1, 0.15) is 20.7 Å². The Kier molecular flexibility index (Phi) is 4.94. The zero-order chi connectivity index (χ0) is 14.7. The van der Waals surface area contributed by atoms with Crippen molar-refractivity contribution < 1.29 is 14.3 Å². The molecule has 0 aliphatic carbocycles. The normalized spacial score (nSPS) is 13.8. The first-order valence-corrected chi connectivity index (χ1v) is 7.69. The Morgan fingerprint density at radius 3 is 2.25 bits per heavy atom. The number of phenols is 1. The molecule has 0 fully saturated rings. The number of alkyl halides is 2. The van der Waals surface area contributed by atoms with Gasteiger partial charge in [0.1, 0.15) is 11.6 Å². The van der Waals surface area contributed by atoms with Gasteiger partial charge in [-0.05, 0) is 29.8 Å². The number of hydrogen-bond acceptors (Lipinski definition) is 2. The van der Waals surface area contributed by atoms with Crippen LogP contribution in [-0.2, 0) is 0 Å². The predicted octanol–water partition coefficient (Wildman–Crippen LogP) is 4.61. The number of Topliss-reactive ketones (excluding diaryl/α,β-unsaturated/α-hetero) is 1. The summed E-state index contributed by atoms with van der Waals surface area (Å²) >= 11 is 6.76. The fourth-order valence-corrected chi connectivity index (χ4v) is 2.88. The molecule has 0 bridgehead atoms. The molecule has 0 aliphatic heterocycles. The van der Waals surface area contributed by atoms with Gasteiger partial charge in [0, 0.05) is 0 Å². The summed E-state index contributed by atoms with van der Waals surface area (Å²) in [7, 11) is 0. The SMILES string of the molecule is O=C(c1ccccc1O)[C@H](Br)[C@H](Br)c1ccc(F)cc1. The quantitative estimate of drug-likeness (QED) is 0.599. The summed E-state index contributed by atoms with van der Waals surface area (Å²) in [4.78, 5) is 11.4. The first kappa shape index (κ1) is 15.2. The molecule has 104 valence electrons. The first-order valence-electron chi connectivity index (χ1n) is 5.86. The highest BCUT2D eigenvalue weighted by Gasteiger charge is 2.27. The van der Waals surface area contributed by atoms with Crippen LogP contribution in [0.15, 0.2) is 48.5 Å². The lowest BCUT2D eigenvalue weighted by Crippen LogP contribution is -2.19. The molecule has 0 aromatic heterocycles. The largest absolute Gasteiger partial charge is 0.507 e. The van der Waals surface area contributed by atoms with E-state index in [1.54, 1.807) is 30.3 Å². The van der Waals surface area contributed by atoms with E-state index in [0.717, 1.165) is 5.56 Å². The van der Waals surface area contributed by atoms with Crippen LogP contribution in [-0.4, -0.2) is 15.7 Å². The van der Waals surface area contributed by atoms with Crippen molar-refractivity contribution in [3.05, 3.63) is 65.5 Å². The molecule has 1 N–H and O–H groups in total. The van der Waals surface area contributed by atoms with Crippen LogP contribution in [0.3, 0.4) is 0 Å². The Morgan fingerprint density at radius 1 is 1.05 bits per heavy atom. The monoisotopic (exact) mass is 400 g/mol. The zero-order valence-electron chi connectivity index (χ0n) is 10.3. The van der Waals surface area contributed by atoms with Gasteiger partial charge in [0.25, 0.3) is 0 Å². The number of ketones is 1. The minimum absolute atomic E-state index is 0.0549. The maximum atomic E-state index is 12.9. The summed E-state index contributed by atoms with van der Waals surface area (Å²) in [6.45, 7) is 0. The van der Waals surface area contributed by atoms with Crippen molar-refractivity contribution in [2.45, 2.75) is 9.65 Å². The molecule has 0 heterocycles. The Morgan fingerprint density at radius 2 is 1.65 bits per heavy atom. The number of halogens is 3. The first-order chi connectivity index (χ1) is 9.50. The molecule has 2 nitrogen and oxygen atoms in total. The third-order valence-corrected chi connectivity index (χ3v) is 5.58. The minimum atomic E-state index is -0.568. The standard InChI is InChI=1S/C15H11Br2FO2/c16-13(9-5-7-10(18)8-6-9)14(17)15(20)11-3-1-2-4-12(11)19/h1-8,13-14,19H/t13-,14-/m1/s1. The van der Waals surface area contributed by atoms with E-state index >= 15 is 0 Å². The minimum Gasteiger partial charge on any atom is -0.507 e. The van der Waals surface area contributed by atoms with Crippen LogP contribution in [0.2, 0.25) is 0 Å². The third kappa shape index (κ3) is 3.27. The molecular formula is C15H11Br2FO2. The van der Waals surface area contributed by atoms with Crippen molar-refractivity contribution >= 4 is 37.6 Å². The smallest absolute Gasteiger partial charge is 0.181 e. The van der Waals surface area contributed by atoms with E-state index in [2.05, 4.69) is 31.9 Å². The highest BCUT2D eigenvalue weighted by Crippen LogP contribution is 2.34. The molecule has 0 saturated heterocycles. The number of aromatic hydroxyl groups is 1. The van der Waals surface area contributed by atoms with Gasteiger partial charge in [-0.2, -0.15) is 0 Å². The summed E-state index contributed by atoms with van der Waals surface area (Å²) in [6, 6.07) is 12.3. The summed E-state index contributed by atoms with van der Waals surface area (Å²) in [6.07, 6.45) is 0. The van der Waals surface area contributed by atoms with Gasteiger partial charge in [0.2, 0.25) is 0 Å². The molecule has 0 aliphatic rings. The summed E-state index contributed by atoms with van der Waals surface area (Å²) in [5, 5.41) is 9.71. The van der Waals surface area contributed by atoms with Crippen molar-refractivity contribution in [1.29, 1.82) is 0 Å². The summed E-state index contributed by atoms with van der Waals surface area (Å²) < 4.78 is 12.9. The Balaban J connectivity index is 2.22. The highest BCUT2D eigenvalue weighted by atomic mass is 79.9. The van der Waals surface area contributed by atoms with Crippen LogP contribution in [0.25, 0.3) is 0 Å². The topological polar surface area (TPSA) is 37.3 Å². The second kappa shape index (κ2) is 6.50. The van der Waals surface area contributed by atoms with E-state index < -0.39 is 4.83 Å². The molecule has 5 heteroatoms. The van der Waals surface area contributed by atoms with Crippen LogP contribution < -0.4 is 0 Å². The second-order valence-corrected chi connectivity index (χ2v) is 6.21. The molecular weight excluding hydrogens is 391 g/mol. The Hall–Kier alpha value is -1.20. The maximum Gasteiger partial charge on any atom is 0.181 e. The van der Waals surface area contributed by atoms with Crippen LogP contribution in [0.5, 0.6) is 5.75 Å². The average Bonchev–Trinajstić information content (AvgIpc) is 2.46. The average molecular weight is 402 g/mol. The number of rotatable bonds is 4. The van der Waals surface area contributed by atoms with Gasteiger partial charge in [-0.1, -0.05) is 56.1 Å². The van der Waals surface area contributed by atoms with E-state index in [4.69, 9.17) is 0 Å². The molecule has 0 saturated carbocycles. The predicted molar refractivity (Wildman–Crippen MR) is 83.2 cm³/mol. The van der Waals surface area contributed by atoms with E-state index in [-0.39, 0.29) is 27.7 Å². The van der Waals surface area contributed by atoms with Crippen molar-refractivity contribution in [1.82, 2.24) is 0 Å². The van der Waals surface area contributed by atoms with Crippen LogP contribution in [0, 0.1) is 5.82 Å². The second-order valence-electron chi connectivity index (χ2n) is 4.24. The van der Waals surface area contributed by atoms with Gasteiger partial charge in [0.15, 0.2) is 5.78 Å². The number of hydrogen-bond donors (Lipinski definition) is 1. The zero-order valence-corrected chi connectivity index (χ0v) is 13.4. The lowest BCUT2D eigenvalue weighted by atomic mass is 10.0. The third-order valence-electron chi connectivity index (χ3n) is 2.87. The van der Waals surface area contributed by atoms with Gasteiger partial charge in [-0.25, -0.2) is 4.39 Å². The van der Waals surface area contributed by atoms with Gasteiger partial charge in [0.05, 0.1) is 15.2 Å². The van der Waals surface area contributed by atoms with Gasteiger partial charge >= 0.3 is 0 Å². The molecule has 2 rings (SSSR count). The van der Waals surface area contributed by atoms with Gasteiger partial charge < -0.3 is 5.11 Å². The van der Waals surface area contributed by atoms with E-state index in [0.29, 0.717) is 0 Å². The fourth-order valence-electron chi connectivity index (χ4n) is 1.78. The van der Waals surface area contributed by atoms with Gasteiger partial charge in [-0.3, -0.25) is 4.79 Å². The lowest BCUT2D eigenvalue weighted by molar-refractivity contribution is 0.0988. The number of carbonyl (C=O) groups excluding carboxylic acids is 1. The van der Waals surface area contributed by atoms with Crippen LogP contribution >= 0.6 is 31.9 Å². The molecule has 0 radical (unpaired) electrons. The van der Waals surface area contributed by atoms with E-state index in [1.165, 1.54) is 18.2 Å². The molecule has 0 amide bonds. The lowest BCUT2D eigenvalue weighted by Gasteiger charge is -2.16. The molecule has 2 aromatic carbocycles. The fraction of sp³-hybridized carbons (Fsp3) is 0.133. The van der Waals surface area contributed by atoms with Crippen molar-refractivity contribution in [2.24, 2.45) is 0 Å². The Bertz CT molecular complexity index is 614. The molecule has 0 spiro atoms. The summed E-state index contributed by atoms with van der Waals surface area (Å²) in [5.41, 5.74) is 1.03. The van der Waals surface area contributed by atoms with Crippen molar-refractivity contribution in [2.75, 3.05) is 0 Å². The van der Waals surface area contributed by atoms with E-state index in [1.807, 2.05) is 0 Å². The molecule has 2 atom stereocenters. The maximum absolute atomic E-state index is 12.9. The molecule has 2 aromatic rings. The van der Waals surface area contributed by atoms with E-state index in [9.17, 15) is 14.3 Å². The molecule has 20 heavy (non-hydrogen) atoms. The summed E-state index contributed by atoms with van der Waals surface area (Å²) in [5.74, 6) is -0.623. The number of phenolic OH excluding ortho intramolecular Hbond substituents is 1.